The highest BCUT2D eigenvalue weighted by molar-refractivity contribution is 5.53. The van der Waals surface area contributed by atoms with Crippen molar-refractivity contribution in [2.24, 2.45) is 0 Å². The number of benzene rings is 1. The van der Waals surface area contributed by atoms with Crippen LogP contribution in [0, 0.1) is 0 Å². The minimum atomic E-state index is -0.765. The lowest BCUT2D eigenvalue weighted by Crippen LogP contribution is -2.47. The zero-order valence-electron chi connectivity index (χ0n) is 10.7. The maximum atomic E-state index is 10.4. The van der Waals surface area contributed by atoms with Gasteiger partial charge in [0.1, 0.15) is 0 Å². The molecule has 1 aliphatic heterocycles. The molecule has 0 radical (unpaired) electrons. The first-order valence-corrected chi connectivity index (χ1v) is 6.56. The van der Waals surface area contributed by atoms with Gasteiger partial charge in [0.15, 0.2) is 0 Å². The molecule has 5 heteroatoms. The summed E-state index contributed by atoms with van der Waals surface area (Å²) in [7, 11) is 0. The van der Waals surface area contributed by atoms with Gasteiger partial charge in [-0.2, -0.15) is 4.98 Å². The van der Waals surface area contributed by atoms with Gasteiger partial charge in [0.2, 0.25) is 11.7 Å². The Kier molecular flexibility index (Phi) is 3.31. The second-order valence-electron chi connectivity index (χ2n) is 5.06. The van der Waals surface area contributed by atoms with Crippen LogP contribution >= 0.6 is 0 Å². The number of nitrogens with one attached hydrogen (secondary N) is 1. The normalized spacial score (nSPS) is 23.4. The topological polar surface area (TPSA) is 71.2 Å². The summed E-state index contributed by atoms with van der Waals surface area (Å²) in [6.07, 6.45) is 2.14. The Bertz CT molecular complexity index is 533. The quantitative estimate of drug-likeness (QED) is 0.871. The van der Waals surface area contributed by atoms with Crippen molar-refractivity contribution in [1.82, 2.24) is 15.5 Å². The number of β-amino-alcohol motifs (C(OH)–C–C–N with tert-alkyl or cyclic N) is 1. The number of hydrogen-bond donors (Lipinski definition) is 2. The van der Waals surface area contributed by atoms with Crippen LogP contribution in [0.4, 0.5) is 0 Å². The zero-order chi connectivity index (χ0) is 13.1. The number of hydrogen-bond acceptors (Lipinski definition) is 5. The van der Waals surface area contributed by atoms with Gasteiger partial charge in [0, 0.05) is 12.1 Å². The summed E-state index contributed by atoms with van der Waals surface area (Å²) in [4.78, 5) is 4.35. The van der Waals surface area contributed by atoms with Crippen molar-refractivity contribution < 1.29 is 9.63 Å². The summed E-state index contributed by atoms with van der Waals surface area (Å²) >= 11 is 0. The fourth-order valence-corrected chi connectivity index (χ4v) is 2.42. The largest absolute Gasteiger partial charge is 0.388 e. The molecule has 3 rings (SSSR count). The van der Waals surface area contributed by atoms with Crippen LogP contribution in [0.25, 0.3) is 11.4 Å². The van der Waals surface area contributed by atoms with Crippen LogP contribution in [-0.4, -0.2) is 33.9 Å². The smallest absolute Gasteiger partial charge is 0.229 e. The van der Waals surface area contributed by atoms with E-state index in [1.165, 1.54) is 0 Å². The van der Waals surface area contributed by atoms with E-state index in [-0.39, 0.29) is 0 Å². The molecule has 1 unspecified atom stereocenters. The third-order valence-electron chi connectivity index (χ3n) is 3.43. The fraction of sp³-hybridized carbons (Fsp3) is 0.429. The highest BCUT2D eigenvalue weighted by atomic mass is 16.5. The Morgan fingerprint density at radius 2 is 2.16 bits per heavy atom. The summed E-state index contributed by atoms with van der Waals surface area (Å²) < 4.78 is 5.24. The van der Waals surface area contributed by atoms with Crippen LogP contribution < -0.4 is 5.32 Å². The van der Waals surface area contributed by atoms with E-state index in [0.29, 0.717) is 24.7 Å². The lowest BCUT2D eigenvalue weighted by Gasteiger charge is -2.31. The van der Waals surface area contributed by atoms with E-state index in [2.05, 4.69) is 15.5 Å². The summed E-state index contributed by atoms with van der Waals surface area (Å²) in [6.45, 7) is 1.54. The van der Waals surface area contributed by atoms with Crippen LogP contribution in [0.1, 0.15) is 18.7 Å². The van der Waals surface area contributed by atoms with Gasteiger partial charge < -0.3 is 14.9 Å². The minimum absolute atomic E-state index is 0.403. The Balaban J connectivity index is 1.75. The number of nitrogens with zero attached hydrogens (tertiary/aromatic N) is 2. The minimum Gasteiger partial charge on any atom is -0.388 e. The predicted octanol–water partition coefficient (Wildman–Crippen LogP) is 1.39. The van der Waals surface area contributed by atoms with E-state index < -0.39 is 5.60 Å². The van der Waals surface area contributed by atoms with Crippen molar-refractivity contribution in [3.05, 3.63) is 36.2 Å². The van der Waals surface area contributed by atoms with Crippen LogP contribution in [0.2, 0.25) is 0 Å². The van der Waals surface area contributed by atoms with E-state index in [9.17, 15) is 5.11 Å². The molecule has 2 aromatic rings. The first kappa shape index (κ1) is 12.3. The summed E-state index contributed by atoms with van der Waals surface area (Å²) in [5, 5.41) is 17.6. The Labute approximate surface area is 111 Å². The Hall–Kier alpha value is -1.72. The maximum Gasteiger partial charge on any atom is 0.229 e. The molecular formula is C14H17N3O2. The van der Waals surface area contributed by atoms with Gasteiger partial charge in [-0.15, -0.1) is 0 Å². The van der Waals surface area contributed by atoms with Crippen molar-refractivity contribution in [3.8, 4) is 11.4 Å². The Morgan fingerprint density at radius 3 is 2.89 bits per heavy atom. The van der Waals surface area contributed by atoms with Gasteiger partial charge in [-0.3, -0.25) is 0 Å². The van der Waals surface area contributed by atoms with Crippen molar-refractivity contribution in [2.45, 2.75) is 24.9 Å². The molecule has 2 N–H and O–H groups in total. The zero-order valence-corrected chi connectivity index (χ0v) is 10.7. The second kappa shape index (κ2) is 5.11. The number of aromatic nitrogens is 2. The third kappa shape index (κ3) is 2.83. The molecule has 0 saturated carbocycles. The number of aliphatic hydroxyl groups is 1. The monoisotopic (exact) mass is 259 g/mol. The molecule has 0 aliphatic carbocycles. The molecule has 5 nitrogen and oxygen atoms in total. The predicted molar refractivity (Wildman–Crippen MR) is 70.5 cm³/mol. The average molecular weight is 259 g/mol. The summed E-state index contributed by atoms with van der Waals surface area (Å²) in [5.41, 5.74) is 0.157. The SMILES string of the molecule is OC1(Cc2nc(-c3ccccc3)no2)CCCNC1. The number of rotatable bonds is 3. The van der Waals surface area contributed by atoms with E-state index >= 15 is 0 Å². The lowest BCUT2D eigenvalue weighted by atomic mass is 9.91. The molecule has 100 valence electrons. The highest BCUT2D eigenvalue weighted by Gasteiger charge is 2.31. The summed E-state index contributed by atoms with van der Waals surface area (Å²) in [5.74, 6) is 1.06. The van der Waals surface area contributed by atoms with Gasteiger partial charge in [0.25, 0.3) is 0 Å². The molecule has 2 heterocycles. The molecule has 1 atom stereocenters. The fourth-order valence-electron chi connectivity index (χ4n) is 2.42. The van der Waals surface area contributed by atoms with Gasteiger partial charge in [-0.1, -0.05) is 35.5 Å². The highest BCUT2D eigenvalue weighted by Crippen LogP contribution is 2.22. The average Bonchev–Trinajstić information content (AvgIpc) is 2.88. The van der Waals surface area contributed by atoms with Crippen molar-refractivity contribution in [2.75, 3.05) is 13.1 Å². The van der Waals surface area contributed by atoms with Crippen molar-refractivity contribution in [3.63, 3.8) is 0 Å². The molecular weight excluding hydrogens is 242 g/mol. The van der Waals surface area contributed by atoms with Gasteiger partial charge >= 0.3 is 0 Å². The van der Waals surface area contributed by atoms with Crippen molar-refractivity contribution >= 4 is 0 Å². The molecule has 1 aromatic carbocycles. The van der Waals surface area contributed by atoms with Crippen LogP contribution in [0.3, 0.4) is 0 Å². The summed E-state index contributed by atoms with van der Waals surface area (Å²) in [6, 6.07) is 9.69. The van der Waals surface area contributed by atoms with E-state index in [1.807, 2.05) is 30.3 Å². The number of piperidine rings is 1. The first-order chi connectivity index (χ1) is 9.25. The second-order valence-corrected chi connectivity index (χ2v) is 5.06. The lowest BCUT2D eigenvalue weighted by molar-refractivity contribution is 0.0103. The van der Waals surface area contributed by atoms with E-state index in [1.54, 1.807) is 0 Å². The molecule has 1 fully saturated rings. The molecule has 1 aromatic heterocycles. The molecule has 1 aliphatic rings. The molecule has 1 saturated heterocycles. The molecule has 0 amide bonds. The van der Waals surface area contributed by atoms with Crippen LogP contribution in [0.5, 0.6) is 0 Å². The standard InChI is InChI=1S/C14H17N3O2/c18-14(7-4-8-15-10-14)9-12-16-13(17-19-12)11-5-2-1-3-6-11/h1-3,5-6,15,18H,4,7-10H2. The van der Waals surface area contributed by atoms with Gasteiger partial charge in [-0.25, -0.2) is 0 Å². The van der Waals surface area contributed by atoms with E-state index in [0.717, 1.165) is 24.9 Å². The molecule has 0 bridgehead atoms. The third-order valence-corrected chi connectivity index (χ3v) is 3.43. The van der Waals surface area contributed by atoms with Crippen LogP contribution in [0.15, 0.2) is 34.9 Å². The van der Waals surface area contributed by atoms with Crippen LogP contribution in [-0.2, 0) is 6.42 Å². The Morgan fingerprint density at radius 1 is 1.32 bits per heavy atom. The van der Waals surface area contributed by atoms with E-state index in [4.69, 9.17) is 4.52 Å². The maximum absolute atomic E-state index is 10.4. The molecule has 19 heavy (non-hydrogen) atoms. The van der Waals surface area contributed by atoms with Gasteiger partial charge in [0.05, 0.1) is 12.0 Å². The van der Waals surface area contributed by atoms with Crippen molar-refractivity contribution in [1.29, 1.82) is 0 Å². The first-order valence-electron chi connectivity index (χ1n) is 6.56. The molecule has 0 spiro atoms. The van der Waals surface area contributed by atoms with Gasteiger partial charge in [-0.05, 0) is 19.4 Å².